The van der Waals surface area contributed by atoms with E-state index in [4.69, 9.17) is 4.74 Å². The molecule has 0 bridgehead atoms. The first-order chi connectivity index (χ1) is 8.59. The third kappa shape index (κ3) is 5.68. The summed E-state index contributed by atoms with van der Waals surface area (Å²) in [6.45, 7) is 12.5. The van der Waals surface area contributed by atoms with E-state index in [1.165, 1.54) is 38.8 Å². The van der Waals surface area contributed by atoms with Crippen LogP contribution in [0.2, 0.25) is 0 Å². The fourth-order valence-electron chi connectivity index (χ4n) is 2.74. The fourth-order valence-corrected chi connectivity index (χ4v) is 2.74. The van der Waals surface area contributed by atoms with Crippen molar-refractivity contribution in [2.24, 2.45) is 5.41 Å². The van der Waals surface area contributed by atoms with E-state index in [1.807, 2.05) is 7.11 Å². The SMILES string of the molecule is CCCNCC(COC)N1CCCC(C)(C)CC1. The highest BCUT2D eigenvalue weighted by Gasteiger charge is 2.26. The van der Waals surface area contributed by atoms with Gasteiger partial charge < -0.3 is 10.1 Å². The first-order valence-corrected chi connectivity index (χ1v) is 7.53. The summed E-state index contributed by atoms with van der Waals surface area (Å²) in [7, 11) is 1.81. The quantitative estimate of drug-likeness (QED) is 0.708. The molecular weight excluding hydrogens is 224 g/mol. The number of ether oxygens (including phenoxy) is 1. The molecule has 1 atom stereocenters. The molecule has 0 amide bonds. The van der Waals surface area contributed by atoms with Crippen molar-refractivity contribution in [3.8, 4) is 0 Å². The van der Waals surface area contributed by atoms with Gasteiger partial charge in [-0.25, -0.2) is 0 Å². The van der Waals surface area contributed by atoms with E-state index in [0.717, 1.165) is 19.7 Å². The molecule has 18 heavy (non-hydrogen) atoms. The number of likely N-dealkylation sites (tertiary alicyclic amines) is 1. The smallest absolute Gasteiger partial charge is 0.0630 e. The Labute approximate surface area is 113 Å². The number of hydrogen-bond acceptors (Lipinski definition) is 3. The van der Waals surface area contributed by atoms with Crippen LogP contribution in [-0.2, 0) is 4.74 Å². The van der Waals surface area contributed by atoms with Gasteiger partial charge in [-0.2, -0.15) is 0 Å². The van der Waals surface area contributed by atoms with Crippen LogP contribution in [0.25, 0.3) is 0 Å². The van der Waals surface area contributed by atoms with Gasteiger partial charge in [0.15, 0.2) is 0 Å². The Morgan fingerprint density at radius 2 is 2.06 bits per heavy atom. The Balaban J connectivity index is 2.45. The van der Waals surface area contributed by atoms with Gasteiger partial charge in [0, 0.05) is 19.7 Å². The van der Waals surface area contributed by atoms with E-state index >= 15 is 0 Å². The summed E-state index contributed by atoms with van der Waals surface area (Å²) in [5.41, 5.74) is 0.517. The molecule has 0 aliphatic carbocycles. The summed E-state index contributed by atoms with van der Waals surface area (Å²) in [5, 5.41) is 3.54. The lowest BCUT2D eigenvalue weighted by atomic mass is 9.85. The van der Waals surface area contributed by atoms with Gasteiger partial charge in [0.1, 0.15) is 0 Å². The summed E-state index contributed by atoms with van der Waals surface area (Å²) in [5.74, 6) is 0. The normalized spacial score (nSPS) is 22.7. The predicted octanol–water partition coefficient (Wildman–Crippen LogP) is 2.51. The highest BCUT2D eigenvalue weighted by molar-refractivity contribution is 4.81. The maximum absolute atomic E-state index is 5.40. The molecule has 1 fully saturated rings. The van der Waals surface area contributed by atoms with Crippen molar-refractivity contribution in [1.82, 2.24) is 10.2 Å². The van der Waals surface area contributed by atoms with Crippen molar-refractivity contribution in [2.75, 3.05) is 39.9 Å². The Morgan fingerprint density at radius 1 is 1.28 bits per heavy atom. The number of methoxy groups -OCH3 is 1. The molecular formula is C15H32N2O. The minimum atomic E-state index is 0.517. The molecule has 3 nitrogen and oxygen atoms in total. The van der Waals surface area contributed by atoms with Crippen molar-refractivity contribution < 1.29 is 4.74 Å². The molecule has 0 aromatic heterocycles. The highest BCUT2D eigenvalue weighted by atomic mass is 16.5. The minimum Gasteiger partial charge on any atom is -0.383 e. The van der Waals surface area contributed by atoms with Crippen molar-refractivity contribution in [1.29, 1.82) is 0 Å². The maximum atomic E-state index is 5.40. The largest absolute Gasteiger partial charge is 0.383 e. The standard InChI is InChI=1S/C15H32N2O/c1-5-9-16-12-14(13-18-4)17-10-6-7-15(2,3)8-11-17/h14,16H,5-13H2,1-4H3. The van der Waals surface area contributed by atoms with E-state index < -0.39 is 0 Å². The molecule has 1 aliphatic heterocycles. The molecule has 1 unspecified atom stereocenters. The van der Waals surface area contributed by atoms with Gasteiger partial charge in [-0.05, 0) is 50.7 Å². The van der Waals surface area contributed by atoms with E-state index in [9.17, 15) is 0 Å². The summed E-state index contributed by atoms with van der Waals surface area (Å²) < 4.78 is 5.40. The van der Waals surface area contributed by atoms with Crippen LogP contribution in [0.5, 0.6) is 0 Å². The van der Waals surface area contributed by atoms with Gasteiger partial charge in [0.25, 0.3) is 0 Å². The Morgan fingerprint density at radius 3 is 2.72 bits per heavy atom. The van der Waals surface area contributed by atoms with Gasteiger partial charge in [-0.3, -0.25) is 4.90 Å². The Bertz CT molecular complexity index is 219. The van der Waals surface area contributed by atoms with Gasteiger partial charge in [-0.15, -0.1) is 0 Å². The zero-order valence-electron chi connectivity index (χ0n) is 12.8. The zero-order chi connectivity index (χ0) is 13.4. The molecule has 0 aromatic carbocycles. The van der Waals surface area contributed by atoms with Gasteiger partial charge in [0.05, 0.1) is 6.61 Å². The van der Waals surface area contributed by atoms with Crippen molar-refractivity contribution in [2.45, 2.75) is 52.5 Å². The van der Waals surface area contributed by atoms with Crippen molar-refractivity contribution in [3.63, 3.8) is 0 Å². The second-order valence-electron chi connectivity index (χ2n) is 6.37. The van der Waals surface area contributed by atoms with Gasteiger partial charge in [-0.1, -0.05) is 20.8 Å². The molecule has 0 saturated carbocycles. The molecule has 108 valence electrons. The molecule has 1 N–H and O–H groups in total. The second kappa shape index (κ2) is 8.13. The molecule has 1 rings (SSSR count). The zero-order valence-corrected chi connectivity index (χ0v) is 12.8. The minimum absolute atomic E-state index is 0.517. The van der Waals surface area contributed by atoms with Crippen LogP contribution in [0, 0.1) is 5.41 Å². The molecule has 0 spiro atoms. The van der Waals surface area contributed by atoms with Crippen LogP contribution >= 0.6 is 0 Å². The van der Waals surface area contributed by atoms with Crippen LogP contribution in [-0.4, -0.2) is 50.8 Å². The summed E-state index contributed by atoms with van der Waals surface area (Å²) in [6, 6.07) is 0.537. The van der Waals surface area contributed by atoms with Gasteiger partial charge >= 0.3 is 0 Å². The maximum Gasteiger partial charge on any atom is 0.0630 e. The average Bonchev–Trinajstić information content (AvgIpc) is 2.49. The van der Waals surface area contributed by atoms with E-state index in [-0.39, 0.29) is 0 Å². The lowest BCUT2D eigenvalue weighted by Gasteiger charge is -2.31. The molecule has 0 aromatic rings. The van der Waals surface area contributed by atoms with Crippen LogP contribution in [0.4, 0.5) is 0 Å². The summed E-state index contributed by atoms with van der Waals surface area (Å²) in [6.07, 6.45) is 5.18. The first kappa shape index (κ1) is 15.9. The Hall–Kier alpha value is -0.120. The average molecular weight is 256 g/mol. The van der Waals surface area contributed by atoms with Crippen LogP contribution in [0.3, 0.4) is 0 Å². The third-order valence-corrected chi connectivity index (χ3v) is 4.06. The number of nitrogens with one attached hydrogen (secondary N) is 1. The first-order valence-electron chi connectivity index (χ1n) is 7.53. The monoisotopic (exact) mass is 256 g/mol. The van der Waals surface area contributed by atoms with Gasteiger partial charge in [0.2, 0.25) is 0 Å². The summed E-state index contributed by atoms with van der Waals surface area (Å²) in [4.78, 5) is 2.63. The predicted molar refractivity (Wildman–Crippen MR) is 78.0 cm³/mol. The molecule has 0 radical (unpaired) electrons. The van der Waals surface area contributed by atoms with E-state index in [1.54, 1.807) is 0 Å². The highest BCUT2D eigenvalue weighted by Crippen LogP contribution is 2.30. The van der Waals surface area contributed by atoms with E-state index in [0.29, 0.717) is 11.5 Å². The van der Waals surface area contributed by atoms with Crippen LogP contribution < -0.4 is 5.32 Å². The number of rotatable bonds is 7. The fraction of sp³-hybridized carbons (Fsp3) is 1.00. The second-order valence-corrected chi connectivity index (χ2v) is 6.37. The molecule has 1 aliphatic rings. The third-order valence-electron chi connectivity index (χ3n) is 4.06. The molecule has 1 saturated heterocycles. The van der Waals surface area contributed by atoms with Crippen molar-refractivity contribution >= 4 is 0 Å². The van der Waals surface area contributed by atoms with Crippen LogP contribution in [0.1, 0.15) is 46.5 Å². The molecule has 1 heterocycles. The number of nitrogens with zero attached hydrogens (tertiary/aromatic N) is 1. The molecule has 3 heteroatoms. The lowest BCUT2D eigenvalue weighted by molar-refractivity contribution is 0.0893. The van der Waals surface area contributed by atoms with Crippen molar-refractivity contribution in [3.05, 3.63) is 0 Å². The number of hydrogen-bond donors (Lipinski definition) is 1. The van der Waals surface area contributed by atoms with E-state index in [2.05, 4.69) is 31.0 Å². The lowest BCUT2D eigenvalue weighted by Crippen LogP contribution is -2.46. The summed E-state index contributed by atoms with van der Waals surface area (Å²) >= 11 is 0. The topological polar surface area (TPSA) is 24.5 Å². The Kier molecular flexibility index (Phi) is 7.20. The van der Waals surface area contributed by atoms with Crippen LogP contribution in [0.15, 0.2) is 0 Å².